The van der Waals surface area contributed by atoms with E-state index in [-0.39, 0.29) is 23.8 Å². The van der Waals surface area contributed by atoms with Gasteiger partial charge in [0.2, 0.25) is 11.8 Å². The van der Waals surface area contributed by atoms with Gasteiger partial charge in [0.15, 0.2) is 0 Å². The molecule has 2 heterocycles. The fourth-order valence-corrected chi connectivity index (χ4v) is 3.11. The number of methoxy groups -OCH3 is 1. The summed E-state index contributed by atoms with van der Waals surface area (Å²) >= 11 is 0. The van der Waals surface area contributed by atoms with Crippen LogP contribution < -0.4 is 15.8 Å². The number of hydrogen-bond acceptors (Lipinski definition) is 6. The van der Waals surface area contributed by atoms with Gasteiger partial charge in [0.25, 0.3) is 5.91 Å². The summed E-state index contributed by atoms with van der Waals surface area (Å²) in [5, 5.41) is 3.06. The first-order valence-electron chi connectivity index (χ1n) is 8.39. The maximum Gasteiger partial charge on any atom is 0.258 e. The van der Waals surface area contributed by atoms with Gasteiger partial charge >= 0.3 is 0 Å². The summed E-state index contributed by atoms with van der Waals surface area (Å²) in [5.74, 6) is 0.0467. The van der Waals surface area contributed by atoms with Crippen LogP contribution in [0.5, 0.6) is 5.88 Å². The number of likely N-dealkylation sites (tertiary alicyclic amines) is 1. The molecule has 1 fully saturated rings. The number of carbonyl (C=O) groups excluding carboxylic acids is 1. The number of nitrogens with zero attached hydrogens (tertiary/aromatic N) is 3. The maximum absolute atomic E-state index is 12.5. The van der Waals surface area contributed by atoms with Crippen LogP contribution >= 0.6 is 0 Å². The molecule has 0 bridgehead atoms. The lowest BCUT2D eigenvalue weighted by molar-refractivity contribution is 0.0896. The number of aromatic nitrogens is 2. The predicted molar refractivity (Wildman–Crippen MR) is 95.2 cm³/mol. The van der Waals surface area contributed by atoms with Crippen molar-refractivity contribution in [3.63, 3.8) is 0 Å². The highest BCUT2D eigenvalue weighted by atomic mass is 16.5. The van der Waals surface area contributed by atoms with Crippen LogP contribution in [0.15, 0.2) is 36.5 Å². The summed E-state index contributed by atoms with van der Waals surface area (Å²) in [6, 6.07) is 10.5. The summed E-state index contributed by atoms with van der Waals surface area (Å²) < 4.78 is 5.13. The van der Waals surface area contributed by atoms with Crippen molar-refractivity contribution in [2.75, 3.05) is 25.9 Å². The summed E-state index contributed by atoms with van der Waals surface area (Å²) in [6.45, 7) is 2.75. The molecule has 1 aromatic heterocycles. The van der Waals surface area contributed by atoms with Gasteiger partial charge in [0.05, 0.1) is 7.11 Å². The molecular weight excluding hydrogens is 318 g/mol. The van der Waals surface area contributed by atoms with Gasteiger partial charge in [-0.2, -0.15) is 4.98 Å². The fraction of sp³-hybridized carbons (Fsp3) is 0.389. The van der Waals surface area contributed by atoms with Gasteiger partial charge in [-0.1, -0.05) is 30.3 Å². The zero-order valence-electron chi connectivity index (χ0n) is 14.3. The average Bonchev–Trinajstić information content (AvgIpc) is 2.62. The Bertz CT molecular complexity index is 723. The van der Waals surface area contributed by atoms with Crippen LogP contribution in [-0.2, 0) is 6.54 Å². The molecule has 7 nitrogen and oxygen atoms in total. The molecule has 2 aromatic rings. The molecule has 7 heteroatoms. The molecular formula is C18H23N5O2. The van der Waals surface area contributed by atoms with E-state index in [9.17, 15) is 4.79 Å². The second-order valence-electron chi connectivity index (χ2n) is 6.18. The number of rotatable bonds is 5. The Morgan fingerprint density at radius 2 is 2.20 bits per heavy atom. The molecule has 0 saturated carbocycles. The van der Waals surface area contributed by atoms with Gasteiger partial charge in [0, 0.05) is 25.3 Å². The Morgan fingerprint density at radius 3 is 2.96 bits per heavy atom. The molecule has 1 amide bonds. The van der Waals surface area contributed by atoms with E-state index >= 15 is 0 Å². The maximum atomic E-state index is 12.5. The second-order valence-corrected chi connectivity index (χ2v) is 6.18. The Labute approximate surface area is 147 Å². The molecule has 1 aliphatic rings. The smallest absolute Gasteiger partial charge is 0.258 e. The number of ether oxygens (including phenoxy) is 1. The number of benzene rings is 1. The molecule has 0 spiro atoms. The Hall–Kier alpha value is -2.67. The van der Waals surface area contributed by atoms with E-state index in [1.807, 2.05) is 18.2 Å². The quantitative estimate of drug-likeness (QED) is 0.855. The number of piperidine rings is 1. The van der Waals surface area contributed by atoms with Crippen LogP contribution in [0.4, 0.5) is 5.95 Å². The standard InChI is InChI=1S/C18H23N5O2/c1-25-17-15(10-20-18(19)22-17)16(24)21-14-8-5-9-23(12-14)11-13-6-3-2-4-7-13/h2-4,6-7,10,14H,5,8-9,11-12H2,1H3,(H,21,24)(H2,19,20,22)/t14-/m1/s1. The molecule has 0 unspecified atom stereocenters. The Morgan fingerprint density at radius 1 is 1.40 bits per heavy atom. The van der Waals surface area contributed by atoms with Crippen molar-refractivity contribution in [2.45, 2.75) is 25.4 Å². The minimum absolute atomic E-state index is 0.0834. The van der Waals surface area contributed by atoms with Crippen molar-refractivity contribution in [3.05, 3.63) is 47.7 Å². The molecule has 0 radical (unpaired) electrons. The molecule has 132 valence electrons. The lowest BCUT2D eigenvalue weighted by atomic mass is 10.0. The third-order valence-electron chi connectivity index (χ3n) is 4.30. The molecule has 1 saturated heterocycles. The number of carbonyl (C=O) groups is 1. The van der Waals surface area contributed by atoms with Gasteiger partial charge < -0.3 is 15.8 Å². The number of amides is 1. The lowest BCUT2D eigenvalue weighted by Gasteiger charge is -2.33. The van der Waals surface area contributed by atoms with Crippen molar-refractivity contribution >= 4 is 11.9 Å². The van der Waals surface area contributed by atoms with Gasteiger partial charge in [-0.15, -0.1) is 0 Å². The SMILES string of the molecule is COc1nc(N)ncc1C(=O)N[C@@H]1CCCN(Cc2ccccc2)C1. The van der Waals surface area contributed by atoms with Gasteiger partial charge in [-0.3, -0.25) is 9.69 Å². The van der Waals surface area contributed by atoms with Crippen molar-refractivity contribution in [3.8, 4) is 5.88 Å². The minimum Gasteiger partial charge on any atom is -0.480 e. The van der Waals surface area contributed by atoms with Gasteiger partial charge in [-0.25, -0.2) is 4.98 Å². The number of hydrogen-bond donors (Lipinski definition) is 2. The third kappa shape index (κ3) is 4.45. The van der Waals surface area contributed by atoms with Crippen LogP contribution in [0.2, 0.25) is 0 Å². The van der Waals surface area contributed by atoms with Crippen molar-refractivity contribution in [1.82, 2.24) is 20.2 Å². The topological polar surface area (TPSA) is 93.4 Å². The Kier molecular flexibility index (Phi) is 5.45. The summed E-state index contributed by atoms with van der Waals surface area (Å²) in [5.41, 5.74) is 7.12. The molecule has 1 aliphatic heterocycles. The van der Waals surface area contributed by atoms with Gasteiger partial charge in [-0.05, 0) is 24.9 Å². The molecule has 1 atom stereocenters. The summed E-state index contributed by atoms with van der Waals surface area (Å²) in [7, 11) is 1.46. The van der Waals surface area contributed by atoms with Crippen LogP contribution in [-0.4, -0.2) is 47.0 Å². The first-order valence-corrected chi connectivity index (χ1v) is 8.39. The fourth-order valence-electron chi connectivity index (χ4n) is 3.11. The summed E-state index contributed by atoms with van der Waals surface area (Å²) in [6.07, 6.45) is 3.41. The van der Waals surface area contributed by atoms with E-state index in [0.717, 1.165) is 32.5 Å². The molecule has 25 heavy (non-hydrogen) atoms. The molecule has 0 aliphatic carbocycles. The van der Waals surface area contributed by atoms with E-state index < -0.39 is 0 Å². The third-order valence-corrected chi connectivity index (χ3v) is 4.30. The van der Waals surface area contributed by atoms with E-state index in [0.29, 0.717) is 5.56 Å². The first-order chi connectivity index (χ1) is 12.2. The van der Waals surface area contributed by atoms with Crippen molar-refractivity contribution < 1.29 is 9.53 Å². The lowest BCUT2D eigenvalue weighted by Crippen LogP contribution is -2.47. The highest BCUT2D eigenvalue weighted by molar-refractivity contribution is 5.96. The average molecular weight is 341 g/mol. The minimum atomic E-state index is -0.233. The van der Waals surface area contributed by atoms with E-state index in [1.165, 1.54) is 18.9 Å². The van der Waals surface area contributed by atoms with Gasteiger partial charge in [0.1, 0.15) is 5.56 Å². The van der Waals surface area contributed by atoms with Crippen LogP contribution in [0.1, 0.15) is 28.8 Å². The zero-order chi connectivity index (χ0) is 17.6. The zero-order valence-corrected chi connectivity index (χ0v) is 14.3. The van der Waals surface area contributed by atoms with Crippen molar-refractivity contribution in [2.24, 2.45) is 0 Å². The molecule has 1 aromatic carbocycles. The van der Waals surface area contributed by atoms with E-state index in [1.54, 1.807) is 0 Å². The first kappa shape index (κ1) is 17.2. The monoisotopic (exact) mass is 341 g/mol. The normalized spacial score (nSPS) is 17.9. The van der Waals surface area contributed by atoms with Crippen LogP contribution in [0, 0.1) is 0 Å². The molecule has 3 rings (SSSR count). The highest BCUT2D eigenvalue weighted by Crippen LogP contribution is 2.17. The number of anilines is 1. The van der Waals surface area contributed by atoms with E-state index in [4.69, 9.17) is 10.5 Å². The van der Waals surface area contributed by atoms with Crippen molar-refractivity contribution in [1.29, 1.82) is 0 Å². The largest absolute Gasteiger partial charge is 0.480 e. The number of nitrogen functional groups attached to an aromatic ring is 1. The Balaban J connectivity index is 1.61. The number of nitrogens with two attached hydrogens (primary N) is 1. The predicted octanol–water partition coefficient (Wildman–Crippen LogP) is 1.46. The molecule has 3 N–H and O–H groups in total. The summed E-state index contributed by atoms with van der Waals surface area (Å²) in [4.78, 5) is 22.7. The highest BCUT2D eigenvalue weighted by Gasteiger charge is 2.23. The van der Waals surface area contributed by atoms with Crippen LogP contribution in [0.25, 0.3) is 0 Å². The van der Waals surface area contributed by atoms with E-state index in [2.05, 4.69) is 32.3 Å². The number of nitrogens with one attached hydrogen (secondary N) is 1. The second kappa shape index (κ2) is 7.94. The van der Waals surface area contributed by atoms with Crippen LogP contribution in [0.3, 0.4) is 0 Å².